The summed E-state index contributed by atoms with van der Waals surface area (Å²) in [6, 6.07) is 20.4. The van der Waals surface area contributed by atoms with Gasteiger partial charge in [0, 0.05) is 0 Å². The van der Waals surface area contributed by atoms with E-state index < -0.39 is 0 Å². The molecule has 62 heavy (non-hydrogen) atoms. The van der Waals surface area contributed by atoms with Crippen molar-refractivity contribution in [2.24, 2.45) is 0 Å². The van der Waals surface area contributed by atoms with E-state index in [-0.39, 0.29) is 130 Å². The van der Waals surface area contributed by atoms with Crippen LogP contribution in [0.3, 0.4) is 0 Å². The molecule has 14 nitrogen and oxygen atoms in total. The van der Waals surface area contributed by atoms with Crippen molar-refractivity contribution in [2.45, 2.75) is 39.5 Å². The molecule has 2 aromatic rings. The number of benzene rings is 2. The number of hydrogen-bond donors (Lipinski definition) is 0. The molecule has 2 saturated heterocycles. The van der Waals surface area contributed by atoms with Gasteiger partial charge in [0.15, 0.2) is 0 Å². The average molecular weight is 919 g/mol. The van der Waals surface area contributed by atoms with Crippen LogP contribution in [-0.2, 0) is 37.9 Å². The topological polar surface area (TPSA) is 115 Å². The molecule has 0 unspecified atom stereocenters. The number of hydrogen-bond acceptors (Lipinski definition) is 12. The van der Waals surface area contributed by atoms with Crippen LogP contribution in [-0.4, -0.2) is 208 Å². The zero-order valence-electron chi connectivity index (χ0n) is 41.2. The fourth-order valence-electron chi connectivity index (χ4n) is 6.08. The Bertz CT molecular complexity index is 1040. The van der Waals surface area contributed by atoms with Crippen LogP contribution in [0.2, 0.25) is 0 Å². The molecular weight excluding hydrogens is 838 g/mol. The van der Waals surface area contributed by atoms with Gasteiger partial charge in [0.25, 0.3) is 0 Å². The van der Waals surface area contributed by atoms with Gasteiger partial charge in [-0.3, -0.25) is 0 Å². The van der Waals surface area contributed by atoms with E-state index in [9.17, 15) is 0 Å². The van der Waals surface area contributed by atoms with Crippen molar-refractivity contribution < 1.29 is 141 Å². The first-order valence-electron chi connectivity index (χ1n) is 21.9. The maximum absolute atomic E-state index is 5.22. The molecular formula is C42H80B4K2N6O8-. The van der Waals surface area contributed by atoms with Gasteiger partial charge in [-0.25, -0.2) is 0 Å². The number of nitrogens with zero attached hydrogens (tertiary/aromatic N) is 6. The maximum Gasteiger partial charge on any atom is 1.00 e. The Morgan fingerprint density at radius 2 is 0.726 bits per heavy atom. The third kappa shape index (κ3) is 34.4. The van der Waals surface area contributed by atoms with E-state index in [4.69, 9.17) is 48.4 Å². The molecule has 0 atom stereocenters. The molecule has 0 aromatic heterocycles. The Morgan fingerprint density at radius 1 is 0.435 bits per heavy atom. The van der Waals surface area contributed by atoms with Crippen molar-refractivity contribution in [3.8, 4) is 0 Å². The predicted molar refractivity (Wildman–Crippen MR) is 253 cm³/mol. The summed E-state index contributed by atoms with van der Waals surface area (Å²) in [5, 5.41) is 10.3. The van der Waals surface area contributed by atoms with Crippen molar-refractivity contribution in [3.05, 3.63) is 71.1 Å². The second-order valence-corrected chi connectivity index (χ2v) is 15.2. The van der Waals surface area contributed by atoms with Gasteiger partial charge in [0.05, 0.1) is 113 Å². The Hall–Kier alpha value is 1.09. The molecule has 2 aromatic carbocycles. The van der Waals surface area contributed by atoms with Gasteiger partial charge < -0.3 is 67.6 Å². The maximum atomic E-state index is 5.22. The molecule has 2 fully saturated rings. The molecule has 4 rings (SSSR count). The van der Waals surface area contributed by atoms with E-state index >= 15 is 0 Å². The van der Waals surface area contributed by atoms with Crippen molar-refractivity contribution >= 4 is 38.4 Å². The van der Waals surface area contributed by atoms with E-state index in [1.807, 2.05) is 36.4 Å². The van der Waals surface area contributed by atoms with E-state index in [0.717, 1.165) is 11.4 Å². The van der Waals surface area contributed by atoms with Crippen LogP contribution in [0, 0.1) is 0 Å². The average Bonchev–Trinajstić information content (AvgIpc) is 3.22. The number of unbranched alkanes of at least 4 members (excludes halogenated alkanes) is 3. The van der Waals surface area contributed by atoms with Crippen molar-refractivity contribution in [3.63, 3.8) is 0 Å². The van der Waals surface area contributed by atoms with Crippen LogP contribution >= 0.6 is 0 Å². The van der Waals surface area contributed by atoms with Crippen LogP contribution in [0.25, 0.3) is 10.5 Å². The smallest absolute Gasteiger partial charge is 0.722 e. The molecule has 20 heteroatoms. The van der Waals surface area contributed by atoms with Crippen LogP contribution in [0.5, 0.6) is 0 Å². The predicted octanol–water partition coefficient (Wildman–Crippen LogP) is -0.434. The van der Waals surface area contributed by atoms with E-state index in [2.05, 4.69) is 114 Å². The fourth-order valence-corrected chi connectivity index (χ4v) is 6.08. The molecule has 0 saturated carbocycles. The van der Waals surface area contributed by atoms with Gasteiger partial charge in [0.1, 0.15) is 0 Å². The summed E-state index contributed by atoms with van der Waals surface area (Å²) in [6.45, 7) is 14.9. The third-order valence-corrected chi connectivity index (χ3v) is 9.22. The molecule has 2 heterocycles. The summed E-state index contributed by atoms with van der Waals surface area (Å²) in [5.41, 5.74) is 1.98. The summed E-state index contributed by atoms with van der Waals surface area (Å²) < 4.78 is 41.7. The molecule has 1 radical (unpaired) electrons. The number of rotatable bonds is 14. The molecule has 0 spiro atoms. The van der Waals surface area contributed by atoms with Gasteiger partial charge in [-0.2, -0.15) is 0 Å². The summed E-state index contributed by atoms with van der Waals surface area (Å²) in [5.74, 6) is 0. The second kappa shape index (κ2) is 45.9. The summed E-state index contributed by atoms with van der Waals surface area (Å²) in [6.07, 6.45) is 5.54. The van der Waals surface area contributed by atoms with Gasteiger partial charge >= 0.3 is 103 Å². The summed E-state index contributed by atoms with van der Waals surface area (Å²) >= 11 is 0. The zero-order valence-corrected chi connectivity index (χ0v) is 47.4. The third-order valence-electron chi connectivity index (χ3n) is 9.22. The molecule has 0 amide bonds. The Kier molecular flexibility index (Phi) is 48.2. The first-order chi connectivity index (χ1) is 29.1. The van der Waals surface area contributed by atoms with Crippen molar-refractivity contribution in [2.75, 3.05) is 162 Å². The molecule has 2 aliphatic heterocycles. The minimum absolute atomic E-state index is 0. The van der Waals surface area contributed by atoms with Crippen LogP contribution < -0.4 is 103 Å². The van der Waals surface area contributed by atoms with Crippen LogP contribution in [0.1, 0.15) is 39.5 Å². The Morgan fingerprint density at radius 3 is 0.952 bits per heavy atom. The van der Waals surface area contributed by atoms with E-state index in [1.165, 1.54) is 25.7 Å². The molecule has 341 valence electrons. The fraction of sp³-hybridized carbons (Fsp3) is 0.714. The molecule has 2 aliphatic rings. The Balaban J connectivity index is 0. The monoisotopic (exact) mass is 919 g/mol. The minimum Gasteiger partial charge on any atom is -0.722 e. The molecule has 0 aliphatic carbocycles. The summed E-state index contributed by atoms with van der Waals surface area (Å²) in [4.78, 5) is 8.95. The zero-order chi connectivity index (χ0) is 44.1. The SMILES string of the molecule is C1COCCOCCOCCO1.C1COCCOCCOCCO1.CCCCCC.CN(C)B([N-]c1ccccc1)B([B-](B([N-]c1ccccc1)N(C)C)N(C)C)N(C)C.[K+].[K+]. The van der Waals surface area contributed by atoms with Crippen LogP contribution in [0.15, 0.2) is 60.7 Å². The van der Waals surface area contributed by atoms with Crippen LogP contribution in [0.4, 0.5) is 11.4 Å². The van der Waals surface area contributed by atoms with Gasteiger partial charge in [-0.05, 0) is 48.9 Å². The first kappa shape index (κ1) is 65.2. The van der Waals surface area contributed by atoms with Crippen molar-refractivity contribution in [1.29, 1.82) is 0 Å². The van der Waals surface area contributed by atoms with Gasteiger partial charge in [0.2, 0.25) is 0 Å². The quantitative estimate of drug-likeness (QED) is 0.181. The largest absolute Gasteiger partial charge is 1.00 e. The second-order valence-electron chi connectivity index (χ2n) is 15.2. The Labute approximate surface area is 465 Å². The van der Waals surface area contributed by atoms with Gasteiger partial charge in [-0.15, -0.1) is 18.0 Å². The van der Waals surface area contributed by atoms with Gasteiger partial charge in [-0.1, -0.05) is 121 Å². The normalized spacial score (nSPS) is 15.7. The standard InChI is InChI=1S/C20H34B4N6.2C8H16O4.C6H14.2K/c1-27(2)21(23(29(5)6)25-19-15-11-9-12-16-19)22(28(3)4)24(30(7)8)26-20-17-13-10-14-18-20;2*1-2-10-5-6-12-8-7-11-4-3-9-1;1-3-5-6-4-2;;/h9-18H,1-8H3;2*1-8H2;3-6H2,1-2H3;;/q-3;;;;2*+1. The molecule has 0 N–H and O–H groups in total. The number of ether oxygens (including phenoxy) is 8. The van der Waals surface area contributed by atoms with E-state index in [0.29, 0.717) is 106 Å². The minimum atomic E-state index is -0.0387. The first-order valence-corrected chi connectivity index (χ1v) is 21.9. The van der Waals surface area contributed by atoms with E-state index in [1.54, 1.807) is 0 Å². The van der Waals surface area contributed by atoms with Crippen molar-refractivity contribution in [1.82, 2.24) is 19.2 Å². The molecule has 0 bridgehead atoms. The summed E-state index contributed by atoms with van der Waals surface area (Å²) in [7, 11) is 16.9.